The molecule has 40 heavy (non-hydrogen) atoms. The van der Waals surface area contributed by atoms with E-state index in [0.29, 0.717) is 11.0 Å². The smallest absolute Gasteiger partial charge is 0.258 e. The average Bonchev–Trinajstić information content (AvgIpc) is 3.31. The second-order valence-electron chi connectivity index (χ2n) is 10.8. The van der Waals surface area contributed by atoms with E-state index in [2.05, 4.69) is 5.32 Å². The molecular formula is C30H21Cl2FN2O5. The van der Waals surface area contributed by atoms with Crippen molar-refractivity contribution in [3.63, 3.8) is 0 Å². The lowest BCUT2D eigenvalue weighted by atomic mass is 9.56. The van der Waals surface area contributed by atoms with Crippen molar-refractivity contribution in [1.29, 1.82) is 0 Å². The van der Waals surface area contributed by atoms with Gasteiger partial charge in [0.25, 0.3) is 11.8 Å². The fourth-order valence-corrected chi connectivity index (χ4v) is 8.09. The third kappa shape index (κ3) is 3.06. The Hall–Kier alpha value is -3.75. The summed E-state index contributed by atoms with van der Waals surface area (Å²) >= 11 is 14.5. The number of carbonyl (C=O) groups is 4. The van der Waals surface area contributed by atoms with Gasteiger partial charge in [0.2, 0.25) is 11.8 Å². The number of nitrogens with one attached hydrogen (secondary N) is 1. The molecule has 7 rings (SSSR count). The molecule has 2 aliphatic heterocycles. The number of nitrogens with zero attached hydrogens (tertiary/aromatic N) is 1. The zero-order valence-electron chi connectivity index (χ0n) is 20.7. The first-order chi connectivity index (χ1) is 19.1. The van der Waals surface area contributed by atoms with Crippen LogP contribution in [-0.4, -0.2) is 38.5 Å². The number of alkyl halides is 2. The Morgan fingerprint density at radius 2 is 1.62 bits per heavy atom. The van der Waals surface area contributed by atoms with Gasteiger partial charge in [-0.05, 0) is 48.4 Å². The summed E-state index contributed by atoms with van der Waals surface area (Å²) in [6.45, 7) is 0. The van der Waals surface area contributed by atoms with Gasteiger partial charge in [0.05, 0.1) is 17.5 Å². The van der Waals surface area contributed by atoms with Crippen LogP contribution in [0.25, 0.3) is 10.8 Å². The number of hydrogen-bond donors (Lipinski definition) is 2. The molecule has 1 saturated carbocycles. The van der Waals surface area contributed by atoms with E-state index < -0.39 is 62.9 Å². The number of fused-ring (bicyclic) bond motifs is 5. The van der Waals surface area contributed by atoms with Gasteiger partial charge in [-0.2, -0.15) is 0 Å². The van der Waals surface area contributed by atoms with Crippen LogP contribution in [0, 0.1) is 23.6 Å². The Morgan fingerprint density at radius 3 is 2.38 bits per heavy atom. The second-order valence-corrected chi connectivity index (χ2v) is 12.1. The highest BCUT2D eigenvalue weighted by molar-refractivity contribution is 6.58. The lowest BCUT2D eigenvalue weighted by Crippen LogP contribution is -2.60. The zero-order chi connectivity index (χ0) is 28.1. The summed E-state index contributed by atoms with van der Waals surface area (Å²) in [6, 6.07) is 15.4. The van der Waals surface area contributed by atoms with Gasteiger partial charge in [0, 0.05) is 16.9 Å². The van der Waals surface area contributed by atoms with Gasteiger partial charge in [0.15, 0.2) is 9.75 Å². The number of phenols is 1. The molecular weight excluding hydrogens is 558 g/mol. The minimum atomic E-state index is -2.10. The number of hydrogen-bond acceptors (Lipinski definition) is 5. The van der Waals surface area contributed by atoms with Crippen molar-refractivity contribution in [3.8, 4) is 5.75 Å². The lowest BCUT2D eigenvalue weighted by molar-refractivity contribution is -0.127. The van der Waals surface area contributed by atoms with Gasteiger partial charge in [-0.15, -0.1) is 23.2 Å². The average molecular weight is 579 g/mol. The van der Waals surface area contributed by atoms with Crippen LogP contribution in [0.5, 0.6) is 5.75 Å². The monoisotopic (exact) mass is 578 g/mol. The summed E-state index contributed by atoms with van der Waals surface area (Å²) in [5, 5.41) is 15.2. The summed E-state index contributed by atoms with van der Waals surface area (Å²) in [4.78, 5) is 50.7. The zero-order valence-corrected chi connectivity index (χ0v) is 22.2. The number of imide groups is 2. The molecule has 6 atom stereocenters. The highest BCUT2D eigenvalue weighted by Gasteiger charge is 2.76. The van der Waals surface area contributed by atoms with Crippen LogP contribution in [0.1, 0.15) is 24.3 Å². The molecule has 0 radical (unpaired) electrons. The standard InChI is InChI=1S/C30H21Cl2FN2O5/c31-29-13-21-18(11-12-19-22(21)26(38)34-25(19)37)23(20-10-5-14-3-1-2-4-17(14)24(20)36)30(29,32)28(40)35(27(29)39)16-8-6-15(33)7-9-16/h1-11,19,21-23,36H,12-13H2,(H,34,37,38). The Balaban J connectivity index is 1.49. The van der Waals surface area contributed by atoms with Crippen LogP contribution in [0.2, 0.25) is 0 Å². The molecule has 10 heteroatoms. The maximum Gasteiger partial charge on any atom is 0.258 e. The number of rotatable bonds is 2. The summed E-state index contributed by atoms with van der Waals surface area (Å²) in [6.07, 6.45) is 1.84. The third-order valence-electron chi connectivity index (χ3n) is 8.98. The quantitative estimate of drug-likeness (QED) is 0.264. The van der Waals surface area contributed by atoms with Crippen molar-refractivity contribution < 1.29 is 28.7 Å². The first-order valence-electron chi connectivity index (χ1n) is 12.9. The van der Waals surface area contributed by atoms with Crippen molar-refractivity contribution in [2.45, 2.75) is 28.5 Å². The maximum absolute atomic E-state index is 14.3. The van der Waals surface area contributed by atoms with Crippen LogP contribution < -0.4 is 10.2 Å². The molecule has 3 aromatic carbocycles. The molecule has 4 amide bonds. The third-order valence-corrected chi connectivity index (χ3v) is 10.4. The molecule has 2 saturated heterocycles. The summed E-state index contributed by atoms with van der Waals surface area (Å²) < 4.78 is 13.7. The molecule has 6 unspecified atom stereocenters. The topological polar surface area (TPSA) is 104 Å². The Bertz CT molecular complexity index is 1710. The van der Waals surface area contributed by atoms with Gasteiger partial charge in [-0.1, -0.05) is 48.0 Å². The SMILES string of the molecule is O=C1NC(=O)C2C1CC=C1C2CC2(Cl)C(=O)N(c3ccc(F)cc3)C(=O)C2(Cl)C1c1ccc2ccccc2c1O. The predicted octanol–water partition coefficient (Wildman–Crippen LogP) is 4.54. The summed E-state index contributed by atoms with van der Waals surface area (Å²) in [7, 11) is 0. The van der Waals surface area contributed by atoms with Crippen molar-refractivity contribution in [3.05, 3.63) is 83.7 Å². The molecule has 2 aliphatic carbocycles. The highest BCUT2D eigenvalue weighted by atomic mass is 35.5. The van der Waals surface area contributed by atoms with Crippen LogP contribution in [-0.2, 0) is 19.2 Å². The maximum atomic E-state index is 14.3. The fraction of sp³-hybridized carbons (Fsp3) is 0.267. The van der Waals surface area contributed by atoms with Crippen LogP contribution in [0.15, 0.2) is 72.3 Å². The molecule has 3 fully saturated rings. The van der Waals surface area contributed by atoms with Gasteiger partial charge in [-0.25, -0.2) is 9.29 Å². The van der Waals surface area contributed by atoms with Crippen LogP contribution >= 0.6 is 23.2 Å². The molecule has 0 aromatic heterocycles. The van der Waals surface area contributed by atoms with Gasteiger partial charge in [0.1, 0.15) is 11.6 Å². The van der Waals surface area contributed by atoms with Crippen LogP contribution in [0.4, 0.5) is 10.1 Å². The first-order valence-corrected chi connectivity index (χ1v) is 13.6. The number of halogens is 3. The minimum Gasteiger partial charge on any atom is -0.507 e. The van der Waals surface area contributed by atoms with Crippen LogP contribution in [0.3, 0.4) is 0 Å². The Morgan fingerprint density at radius 1 is 0.900 bits per heavy atom. The Labute approximate surface area is 237 Å². The van der Waals surface area contributed by atoms with Crippen molar-refractivity contribution in [2.24, 2.45) is 17.8 Å². The van der Waals surface area contributed by atoms with E-state index in [-0.39, 0.29) is 29.8 Å². The molecule has 3 aromatic rings. The van der Waals surface area contributed by atoms with E-state index in [1.165, 1.54) is 12.1 Å². The lowest BCUT2D eigenvalue weighted by Gasteiger charge is -2.50. The summed E-state index contributed by atoms with van der Waals surface area (Å²) in [5.41, 5.74) is 0.945. The highest BCUT2D eigenvalue weighted by Crippen LogP contribution is 2.66. The van der Waals surface area contributed by atoms with E-state index in [1.807, 2.05) is 12.1 Å². The molecule has 2 heterocycles. The van der Waals surface area contributed by atoms with E-state index in [1.54, 1.807) is 30.3 Å². The number of amides is 4. The van der Waals surface area contributed by atoms with Crippen molar-refractivity contribution >= 4 is 63.3 Å². The Kier molecular flexibility index (Phi) is 5.29. The van der Waals surface area contributed by atoms with Crippen molar-refractivity contribution in [1.82, 2.24) is 5.32 Å². The number of phenolic OH excluding ortho intramolecular Hbond substituents is 1. The van der Waals surface area contributed by atoms with E-state index in [4.69, 9.17) is 23.2 Å². The van der Waals surface area contributed by atoms with Gasteiger partial charge >= 0.3 is 0 Å². The number of anilines is 1. The molecule has 0 spiro atoms. The minimum absolute atomic E-state index is 0.0935. The van der Waals surface area contributed by atoms with Crippen molar-refractivity contribution in [2.75, 3.05) is 4.90 Å². The number of benzene rings is 3. The normalized spacial score (nSPS) is 33.0. The number of aromatic hydroxyl groups is 1. The molecule has 7 nitrogen and oxygen atoms in total. The second kappa shape index (κ2) is 8.38. The van der Waals surface area contributed by atoms with E-state index >= 15 is 0 Å². The largest absolute Gasteiger partial charge is 0.507 e. The fourth-order valence-electron chi connectivity index (χ4n) is 7.16. The number of carbonyl (C=O) groups excluding carboxylic acids is 4. The van der Waals surface area contributed by atoms with E-state index in [0.717, 1.165) is 22.4 Å². The molecule has 2 N–H and O–H groups in total. The molecule has 202 valence electrons. The molecule has 4 aliphatic rings. The van der Waals surface area contributed by atoms with E-state index in [9.17, 15) is 28.7 Å². The summed E-state index contributed by atoms with van der Waals surface area (Å²) in [5.74, 6) is -6.43. The first kappa shape index (κ1) is 25.2. The van der Waals surface area contributed by atoms with Gasteiger partial charge in [-0.3, -0.25) is 24.5 Å². The number of allylic oxidation sites excluding steroid dienone is 2. The molecule has 0 bridgehead atoms. The predicted molar refractivity (Wildman–Crippen MR) is 145 cm³/mol. The van der Waals surface area contributed by atoms with Gasteiger partial charge < -0.3 is 5.11 Å².